The van der Waals surface area contributed by atoms with Gasteiger partial charge in [0.1, 0.15) is 33.1 Å². The van der Waals surface area contributed by atoms with Crippen molar-refractivity contribution in [3.05, 3.63) is 65.0 Å². The maximum absolute atomic E-state index is 14.3. The van der Waals surface area contributed by atoms with Gasteiger partial charge in [0.2, 0.25) is 5.91 Å². The fraction of sp³-hybridized carbons (Fsp3) is 0.263. The van der Waals surface area contributed by atoms with Crippen LogP contribution in [0.1, 0.15) is 31.4 Å². The molecule has 2 aromatic carbocycles. The van der Waals surface area contributed by atoms with Gasteiger partial charge in [0, 0.05) is 24.5 Å². The minimum atomic E-state index is -1.09. The molecular formula is C19H15F3N2O2S. The summed E-state index contributed by atoms with van der Waals surface area (Å²) in [5.41, 5.74) is 0.400. The van der Waals surface area contributed by atoms with Crippen LogP contribution in [0.3, 0.4) is 0 Å². The van der Waals surface area contributed by atoms with Gasteiger partial charge in [-0.15, -0.1) is 0 Å². The number of carbonyl (C=O) groups excluding carboxylic acids is 1. The lowest BCUT2D eigenvalue weighted by atomic mass is 9.95. The molecule has 2 unspecified atom stereocenters. The van der Waals surface area contributed by atoms with Crippen LogP contribution in [0, 0.1) is 17.5 Å². The highest BCUT2D eigenvalue weighted by molar-refractivity contribution is 8.15. The predicted molar refractivity (Wildman–Crippen MR) is 95.8 cm³/mol. The second kappa shape index (κ2) is 6.30. The molecule has 1 spiro atoms. The van der Waals surface area contributed by atoms with Gasteiger partial charge in [-0.3, -0.25) is 4.79 Å². The van der Waals surface area contributed by atoms with Gasteiger partial charge in [-0.2, -0.15) is 5.10 Å². The lowest BCUT2D eigenvalue weighted by Gasteiger charge is -2.41. The molecule has 27 heavy (non-hydrogen) atoms. The first-order valence-electron chi connectivity index (χ1n) is 8.31. The number of benzene rings is 2. The van der Waals surface area contributed by atoms with Gasteiger partial charge in [-0.1, -0.05) is 11.8 Å². The smallest absolute Gasteiger partial charge is 0.241 e. The number of rotatable bonds is 1. The van der Waals surface area contributed by atoms with Gasteiger partial charge in [-0.25, -0.2) is 18.2 Å². The van der Waals surface area contributed by atoms with E-state index < -0.39 is 28.2 Å². The van der Waals surface area contributed by atoms with Gasteiger partial charge in [-0.05, 0) is 43.3 Å². The van der Waals surface area contributed by atoms with Gasteiger partial charge in [0.25, 0.3) is 0 Å². The Morgan fingerprint density at radius 3 is 2.67 bits per heavy atom. The molecule has 1 amide bonds. The molecule has 0 saturated carbocycles. The van der Waals surface area contributed by atoms with E-state index >= 15 is 0 Å². The number of halogens is 3. The van der Waals surface area contributed by atoms with Crippen molar-refractivity contribution in [1.29, 1.82) is 0 Å². The maximum Gasteiger partial charge on any atom is 0.241 e. The first-order valence-corrected chi connectivity index (χ1v) is 9.12. The van der Waals surface area contributed by atoms with Crippen LogP contribution in [0.5, 0.6) is 5.75 Å². The van der Waals surface area contributed by atoms with E-state index in [0.29, 0.717) is 17.7 Å². The summed E-state index contributed by atoms with van der Waals surface area (Å²) in [5.74, 6) is -1.70. The van der Waals surface area contributed by atoms with Crippen LogP contribution in [0.25, 0.3) is 0 Å². The Kier molecular flexibility index (Phi) is 4.18. The molecule has 0 fully saturated rings. The molecule has 0 aromatic heterocycles. The van der Waals surface area contributed by atoms with Crippen molar-refractivity contribution < 1.29 is 22.7 Å². The van der Waals surface area contributed by atoms with Crippen LogP contribution in [0.15, 0.2) is 41.5 Å². The number of fused-ring (bicyclic) bond motifs is 2. The van der Waals surface area contributed by atoms with Crippen LogP contribution < -0.4 is 4.74 Å². The fourth-order valence-electron chi connectivity index (χ4n) is 3.46. The number of carbonyl (C=O) groups is 1. The Hall–Kier alpha value is -2.48. The van der Waals surface area contributed by atoms with Crippen molar-refractivity contribution in [2.24, 2.45) is 5.10 Å². The lowest BCUT2D eigenvalue weighted by molar-refractivity contribution is -0.133. The molecule has 2 heterocycles. The van der Waals surface area contributed by atoms with Crippen molar-refractivity contribution >= 4 is 22.7 Å². The zero-order valence-electron chi connectivity index (χ0n) is 14.5. The molecule has 140 valence electrons. The Morgan fingerprint density at radius 2 is 1.93 bits per heavy atom. The first kappa shape index (κ1) is 17.9. The number of nitrogens with zero attached hydrogens (tertiary/aromatic N) is 2. The summed E-state index contributed by atoms with van der Waals surface area (Å²) < 4.78 is 47.7. The molecule has 0 N–H and O–H groups in total. The highest BCUT2D eigenvalue weighted by Gasteiger charge is 2.53. The molecule has 2 aromatic rings. The molecule has 0 saturated heterocycles. The molecule has 2 aliphatic rings. The Balaban J connectivity index is 1.88. The maximum atomic E-state index is 14.3. The van der Waals surface area contributed by atoms with Crippen molar-refractivity contribution in [2.75, 3.05) is 0 Å². The second-order valence-corrected chi connectivity index (χ2v) is 7.79. The van der Waals surface area contributed by atoms with E-state index in [0.717, 1.165) is 30.0 Å². The largest absolute Gasteiger partial charge is 0.490 e. The molecule has 2 atom stereocenters. The summed E-state index contributed by atoms with van der Waals surface area (Å²) in [4.78, 5) is 11.3. The van der Waals surface area contributed by atoms with Gasteiger partial charge in [0.05, 0.1) is 6.10 Å². The van der Waals surface area contributed by atoms with Crippen LogP contribution in [0.4, 0.5) is 13.2 Å². The SMILES string of the molecule is CC(=O)N1N=C(c2cc(F)ccc2F)SC12CC(C)Oc1ccc(F)cc12. The Bertz CT molecular complexity index is 981. The summed E-state index contributed by atoms with van der Waals surface area (Å²) in [5, 5.41) is 5.65. The van der Waals surface area contributed by atoms with Crippen LogP contribution in [-0.2, 0) is 9.67 Å². The normalized spacial score (nSPS) is 23.8. The number of hydrogen-bond acceptors (Lipinski definition) is 4. The topological polar surface area (TPSA) is 41.9 Å². The Morgan fingerprint density at radius 1 is 1.22 bits per heavy atom. The van der Waals surface area contributed by atoms with Crippen LogP contribution >= 0.6 is 11.8 Å². The minimum Gasteiger partial charge on any atom is -0.490 e. The summed E-state index contributed by atoms with van der Waals surface area (Å²) in [6.45, 7) is 3.16. The van der Waals surface area contributed by atoms with E-state index in [4.69, 9.17) is 4.74 Å². The summed E-state index contributed by atoms with van der Waals surface area (Å²) in [6.07, 6.45) is 0.0293. The zero-order valence-corrected chi connectivity index (χ0v) is 15.3. The third-order valence-corrected chi connectivity index (χ3v) is 5.90. The quantitative estimate of drug-likeness (QED) is 0.723. The Labute approximate surface area is 158 Å². The predicted octanol–water partition coefficient (Wildman–Crippen LogP) is 4.38. The monoisotopic (exact) mass is 392 g/mol. The number of thioether (sulfide) groups is 1. The van der Waals surface area contributed by atoms with E-state index in [1.165, 1.54) is 30.1 Å². The zero-order chi connectivity index (χ0) is 19.3. The standard InChI is InChI=1S/C19H15F3N2O2S/c1-10-9-19(15-8-13(21)4-6-17(15)26-10)24(11(2)25)23-18(27-19)14-7-12(20)3-5-16(14)22/h3-8,10H,9H2,1-2H3. The third kappa shape index (κ3) is 2.88. The molecule has 2 aliphatic heterocycles. The first-order chi connectivity index (χ1) is 12.8. The molecule has 8 heteroatoms. The van der Waals surface area contributed by atoms with Crippen LogP contribution in [-0.4, -0.2) is 22.1 Å². The van der Waals surface area contributed by atoms with E-state index in [2.05, 4.69) is 5.10 Å². The van der Waals surface area contributed by atoms with Gasteiger partial charge < -0.3 is 4.74 Å². The molecular weight excluding hydrogens is 377 g/mol. The van der Waals surface area contributed by atoms with E-state index in [1.54, 1.807) is 0 Å². The highest BCUT2D eigenvalue weighted by atomic mass is 32.2. The van der Waals surface area contributed by atoms with E-state index in [-0.39, 0.29) is 16.7 Å². The summed E-state index contributed by atoms with van der Waals surface area (Å²) in [7, 11) is 0. The van der Waals surface area contributed by atoms with Crippen LogP contribution in [0.2, 0.25) is 0 Å². The summed E-state index contributed by atoms with van der Waals surface area (Å²) >= 11 is 1.10. The van der Waals surface area contributed by atoms with Crippen molar-refractivity contribution in [3.8, 4) is 5.75 Å². The molecule has 0 bridgehead atoms. The second-order valence-electron chi connectivity index (χ2n) is 6.52. The average molecular weight is 392 g/mol. The lowest BCUT2D eigenvalue weighted by Crippen LogP contribution is -2.46. The molecule has 0 aliphatic carbocycles. The third-order valence-electron chi connectivity index (χ3n) is 4.51. The number of hydrogen-bond donors (Lipinski definition) is 0. The van der Waals surface area contributed by atoms with Crippen molar-refractivity contribution in [3.63, 3.8) is 0 Å². The minimum absolute atomic E-state index is 0.0415. The number of hydrazone groups is 1. The number of amides is 1. The fourth-order valence-corrected chi connectivity index (χ4v) is 5.01. The highest BCUT2D eigenvalue weighted by Crippen LogP contribution is 2.55. The summed E-state index contributed by atoms with van der Waals surface area (Å²) in [6, 6.07) is 7.13. The molecule has 4 nitrogen and oxygen atoms in total. The number of ether oxygens (including phenoxy) is 1. The van der Waals surface area contributed by atoms with Crippen molar-refractivity contribution in [2.45, 2.75) is 31.2 Å². The van der Waals surface area contributed by atoms with E-state index in [9.17, 15) is 18.0 Å². The van der Waals surface area contributed by atoms with Crippen molar-refractivity contribution in [1.82, 2.24) is 5.01 Å². The van der Waals surface area contributed by atoms with Gasteiger partial charge >= 0.3 is 0 Å². The molecule has 4 rings (SSSR count). The van der Waals surface area contributed by atoms with Gasteiger partial charge in [0.15, 0.2) is 0 Å². The average Bonchev–Trinajstić information content (AvgIpc) is 2.97. The van der Waals surface area contributed by atoms with E-state index in [1.807, 2.05) is 6.92 Å². The molecule has 0 radical (unpaired) electrons.